The van der Waals surface area contributed by atoms with Gasteiger partial charge in [0.05, 0.1) is 19.7 Å². The number of likely N-dealkylation sites (N-methyl/N-ethyl adjacent to an activating group) is 1. The lowest BCUT2D eigenvalue weighted by molar-refractivity contribution is -0.122. The molecule has 0 aromatic heterocycles. The van der Waals surface area contributed by atoms with Crippen molar-refractivity contribution in [1.82, 2.24) is 10.2 Å². The standard InChI is InChI=1S/C19H22Cl2N2O2/c1-13(17-9-6-15(20)10-18(17)21)22-19(24)12-23(2)11-14-4-7-16(25-3)8-5-14/h4-10,13H,11-12H2,1-3H3,(H,22,24)/t13-/m1/s1. The number of hydrogen-bond donors (Lipinski definition) is 1. The molecule has 1 amide bonds. The maximum atomic E-state index is 12.3. The third-order valence-electron chi connectivity index (χ3n) is 3.83. The summed E-state index contributed by atoms with van der Waals surface area (Å²) in [7, 11) is 3.54. The number of rotatable bonds is 7. The number of benzene rings is 2. The van der Waals surface area contributed by atoms with E-state index in [9.17, 15) is 4.79 Å². The molecule has 134 valence electrons. The van der Waals surface area contributed by atoms with Crippen molar-refractivity contribution < 1.29 is 9.53 Å². The van der Waals surface area contributed by atoms with Crippen molar-refractivity contribution in [1.29, 1.82) is 0 Å². The largest absolute Gasteiger partial charge is 0.497 e. The fourth-order valence-electron chi connectivity index (χ4n) is 2.56. The second-order valence-corrected chi connectivity index (χ2v) is 6.82. The maximum absolute atomic E-state index is 12.3. The van der Waals surface area contributed by atoms with Gasteiger partial charge in [-0.05, 0) is 49.4 Å². The van der Waals surface area contributed by atoms with Crippen LogP contribution in [0.3, 0.4) is 0 Å². The summed E-state index contributed by atoms with van der Waals surface area (Å²) in [6.07, 6.45) is 0. The van der Waals surface area contributed by atoms with Gasteiger partial charge in [-0.25, -0.2) is 0 Å². The molecular weight excluding hydrogens is 359 g/mol. The second kappa shape index (κ2) is 9.09. The van der Waals surface area contributed by atoms with Crippen LogP contribution in [0.5, 0.6) is 5.75 Å². The van der Waals surface area contributed by atoms with Gasteiger partial charge >= 0.3 is 0 Å². The van der Waals surface area contributed by atoms with Gasteiger partial charge in [0, 0.05) is 16.6 Å². The number of hydrogen-bond acceptors (Lipinski definition) is 3. The fraction of sp³-hybridized carbons (Fsp3) is 0.316. The molecule has 1 atom stereocenters. The van der Waals surface area contributed by atoms with E-state index in [4.69, 9.17) is 27.9 Å². The van der Waals surface area contributed by atoms with Crippen molar-refractivity contribution in [2.24, 2.45) is 0 Å². The highest BCUT2D eigenvalue weighted by Crippen LogP contribution is 2.26. The lowest BCUT2D eigenvalue weighted by Crippen LogP contribution is -2.36. The van der Waals surface area contributed by atoms with E-state index >= 15 is 0 Å². The number of carbonyl (C=O) groups excluding carboxylic acids is 1. The first-order valence-corrected chi connectivity index (χ1v) is 8.70. The number of halogens is 2. The van der Waals surface area contributed by atoms with Gasteiger partial charge in [-0.3, -0.25) is 9.69 Å². The number of nitrogens with zero attached hydrogens (tertiary/aromatic N) is 1. The zero-order chi connectivity index (χ0) is 18.4. The van der Waals surface area contributed by atoms with Crippen molar-refractivity contribution in [3.05, 3.63) is 63.6 Å². The van der Waals surface area contributed by atoms with E-state index in [0.29, 0.717) is 23.1 Å². The molecule has 0 bridgehead atoms. The molecule has 25 heavy (non-hydrogen) atoms. The fourth-order valence-corrected chi connectivity index (χ4v) is 3.13. The molecule has 0 heterocycles. The molecular formula is C19H22Cl2N2O2. The van der Waals surface area contributed by atoms with Gasteiger partial charge in [0.15, 0.2) is 0 Å². The van der Waals surface area contributed by atoms with Gasteiger partial charge in [-0.15, -0.1) is 0 Å². The van der Waals surface area contributed by atoms with E-state index in [-0.39, 0.29) is 11.9 Å². The van der Waals surface area contributed by atoms with Crippen LogP contribution in [0.25, 0.3) is 0 Å². The van der Waals surface area contributed by atoms with Gasteiger partial charge < -0.3 is 10.1 Å². The van der Waals surface area contributed by atoms with Crippen LogP contribution in [-0.2, 0) is 11.3 Å². The van der Waals surface area contributed by atoms with Gasteiger partial charge in [-0.1, -0.05) is 41.4 Å². The molecule has 0 saturated carbocycles. The predicted octanol–water partition coefficient (Wildman–Crippen LogP) is 4.31. The number of ether oxygens (including phenoxy) is 1. The monoisotopic (exact) mass is 380 g/mol. The summed E-state index contributed by atoms with van der Waals surface area (Å²) in [4.78, 5) is 14.2. The van der Waals surface area contributed by atoms with E-state index in [0.717, 1.165) is 16.9 Å². The molecule has 6 heteroatoms. The summed E-state index contributed by atoms with van der Waals surface area (Å²) in [5, 5.41) is 4.09. The van der Waals surface area contributed by atoms with Crippen molar-refractivity contribution >= 4 is 29.1 Å². The van der Waals surface area contributed by atoms with Crippen LogP contribution in [0, 0.1) is 0 Å². The minimum Gasteiger partial charge on any atom is -0.497 e. The predicted molar refractivity (Wildman–Crippen MR) is 102 cm³/mol. The Kier molecular flexibility index (Phi) is 7.12. The smallest absolute Gasteiger partial charge is 0.234 e. The van der Waals surface area contributed by atoms with Crippen molar-refractivity contribution in [2.75, 3.05) is 20.7 Å². The highest BCUT2D eigenvalue weighted by Gasteiger charge is 2.14. The van der Waals surface area contributed by atoms with Crippen LogP contribution in [0.4, 0.5) is 0 Å². The third kappa shape index (κ3) is 5.92. The van der Waals surface area contributed by atoms with Crippen LogP contribution in [-0.4, -0.2) is 31.5 Å². The second-order valence-electron chi connectivity index (χ2n) is 5.98. The minimum atomic E-state index is -0.188. The molecule has 2 aromatic carbocycles. The van der Waals surface area contributed by atoms with Gasteiger partial charge in [0.1, 0.15) is 5.75 Å². The Balaban J connectivity index is 1.87. The summed E-state index contributed by atoms with van der Waals surface area (Å²) >= 11 is 12.1. The summed E-state index contributed by atoms with van der Waals surface area (Å²) < 4.78 is 5.14. The van der Waals surface area contributed by atoms with Crippen LogP contribution >= 0.6 is 23.2 Å². The molecule has 0 radical (unpaired) electrons. The number of amides is 1. The van der Waals surface area contributed by atoms with Crippen LogP contribution in [0.15, 0.2) is 42.5 Å². The minimum absolute atomic E-state index is 0.0606. The van der Waals surface area contributed by atoms with E-state index < -0.39 is 0 Å². The Morgan fingerprint density at radius 2 is 1.88 bits per heavy atom. The molecule has 0 fully saturated rings. The lowest BCUT2D eigenvalue weighted by atomic mass is 10.1. The highest BCUT2D eigenvalue weighted by atomic mass is 35.5. The van der Waals surface area contributed by atoms with E-state index in [1.54, 1.807) is 19.2 Å². The van der Waals surface area contributed by atoms with Crippen LogP contribution in [0.2, 0.25) is 10.0 Å². The summed E-state index contributed by atoms with van der Waals surface area (Å²) in [6.45, 7) is 2.87. The normalized spacial score (nSPS) is 12.1. The Hall–Kier alpha value is -1.75. The van der Waals surface area contributed by atoms with E-state index in [1.165, 1.54) is 0 Å². The molecule has 0 unspecified atom stereocenters. The molecule has 0 aliphatic rings. The zero-order valence-corrected chi connectivity index (χ0v) is 16.1. The number of carbonyl (C=O) groups is 1. The first kappa shape index (κ1) is 19.6. The average Bonchev–Trinajstić information content (AvgIpc) is 2.55. The van der Waals surface area contributed by atoms with Crippen LogP contribution in [0.1, 0.15) is 24.1 Å². The SMILES string of the molecule is COc1ccc(CN(C)CC(=O)N[C@H](C)c2ccc(Cl)cc2Cl)cc1. The molecule has 4 nitrogen and oxygen atoms in total. The maximum Gasteiger partial charge on any atom is 0.234 e. The number of methoxy groups -OCH3 is 1. The van der Waals surface area contributed by atoms with Crippen molar-refractivity contribution in [3.8, 4) is 5.75 Å². The molecule has 1 N–H and O–H groups in total. The molecule has 0 aliphatic carbocycles. The molecule has 0 saturated heterocycles. The van der Waals surface area contributed by atoms with Crippen molar-refractivity contribution in [3.63, 3.8) is 0 Å². The molecule has 2 aromatic rings. The van der Waals surface area contributed by atoms with Gasteiger partial charge in [0.25, 0.3) is 0 Å². The molecule has 0 aliphatic heterocycles. The van der Waals surface area contributed by atoms with Gasteiger partial charge in [0.2, 0.25) is 5.91 Å². The number of nitrogens with one attached hydrogen (secondary N) is 1. The van der Waals surface area contributed by atoms with Crippen molar-refractivity contribution in [2.45, 2.75) is 19.5 Å². The Labute approximate surface area is 158 Å². The lowest BCUT2D eigenvalue weighted by Gasteiger charge is -2.20. The third-order valence-corrected chi connectivity index (χ3v) is 4.39. The Bertz CT molecular complexity index is 720. The molecule has 0 spiro atoms. The quantitative estimate of drug-likeness (QED) is 0.777. The summed E-state index contributed by atoms with van der Waals surface area (Å²) in [5.41, 5.74) is 1.96. The average molecular weight is 381 g/mol. The topological polar surface area (TPSA) is 41.6 Å². The van der Waals surface area contributed by atoms with E-state index in [1.807, 2.05) is 49.2 Å². The Morgan fingerprint density at radius 1 is 1.20 bits per heavy atom. The first-order valence-electron chi connectivity index (χ1n) is 7.95. The molecule has 2 rings (SSSR count). The van der Waals surface area contributed by atoms with Crippen LogP contribution < -0.4 is 10.1 Å². The summed E-state index contributed by atoms with van der Waals surface area (Å²) in [5.74, 6) is 0.757. The summed E-state index contributed by atoms with van der Waals surface area (Å²) in [6, 6.07) is 12.9. The van der Waals surface area contributed by atoms with Gasteiger partial charge in [-0.2, -0.15) is 0 Å². The Morgan fingerprint density at radius 3 is 2.48 bits per heavy atom. The zero-order valence-electron chi connectivity index (χ0n) is 14.6. The first-order chi connectivity index (χ1) is 11.9. The highest BCUT2D eigenvalue weighted by molar-refractivity contribution is 6.35. The van der Waals surface area contributed by atoms with E-state index in [2.05, 4.69) is 5.32 Å².